The number of nitrogens with one attached hydrogen (secondary N) is 1. The quantitative estimate of drug-likeness (QED) is 0.777. The fourth-order valence-corrected chi connectivity index (χ4v) is 2.71. The van der Waals surface area contributed by atoms with Crippen LogP contribution in [0.1, 0.15) is 13.3 Å². The van der Waals surface area contributed by atoms with E-state index in [2.05, 4.69) is 5.32 Å². The number of carbonyl (C=O) groups excluding carboxylic acids is 1. The topological polar surface area (TPSA) is 75.7 Å². The Hall–Kier alpha value is -2.68. The third-order valence-electron chi connectivity index (χ3n) is 3.83. The maximum Gasteiger partial charge on any atom is 0.265 e. The zero-order valence-corrected chi connectivity index (χ0v) is 15.9. The number of benzene rings is 2. The molecule has 146 valence electrons. The van der Waals surface area contributed by atoms with Gasteiger partial charge in [0.05, 0.1) is 11.9 Å². The summed E-state index contributed by atoms with van der Waals surface area (Å²) >= 11 is 0. The Labute approximate surface area is 156 Å². The van der Waals surface area contributed by atoms with Crippen LogP contribution in [0.15, 0.2) is 42.5 Å². The normalized spacial score (nSPS) is 12.3. The highest BCUT2D eigenvalue weighted by Gasteiger charge is 2.19. The van der Waals surface area contributed by atoms with Gasteiger partial charge in [-0.1, -0.05) is 6.92 Å². The van der Waals surface area contributed by atoms with Gasteiger partial charge < -0.3 is 10.1 Å². The first-order chi connectivity index (χ1) is 12.6. The van der Waals surface area contributed by atoms with Crippen LogP contribution in [0.5, 0.6) is 5.75 Å². The van der Waals surface area contributed by atoms with Crippen molar-refractivity contribution in [3.63, 3.8) is 0 Å². The van der Waals surface area contributed by atoms with Gasteiger partial charge in [0.15, 0.2) is 17.7 Å². The highest BCUT2D eigenvalue weighted by atomic mass is 32.2. The molecule has 27 heavy (non-hydrogen) atoms. The summed E-state index contributed by atoms with van der Waals surface area (Å²) in [4.78, 5) is 12.3. The van der Waals surface area contributed by atoms with Gasteiger partial charge in [0, 0.05) is 18.8 Å². The van der Waals surface area contributed by atoms with Crippen molar-refractivity contribution < 1.29 is 26.7 Å². The first kappa shape index (κ1) is 20.6. The number of ether oxygens (including phenoxy) is 1. The summed E-state index contributed by atoms with van der Waals surface area (Å²) < 4.78 is 56.0. The van der Waals surface area contributed by atoms with Crippen molar-refractivity contribution in [3.8, 4) is 5.75 Å². The molecule has 0 bridgehead atoms. The fraction of sp³-hybridized carbons (Fsp3) is 0.278. The van der Waals surface area contributed by atoms with E-state index in [1.807, 2.05) is 0 Å². The fourth-order valence-electron chi connectivity index (χ4n) is 2.21. The Bertz CT molecular complexity index is 917. The van der Waals surface area contributed by atoms with Crippen molar-refractivity contribution >= 4 is 27.3 Å². The smallest absolute Gasteiger partial charge is 0.265 e. The van der Waals surface area contributed by atoms with Crippen LogP contribution in [-0.4, -0.2) is 33.7 Å². The molecule has 0 heterocycles. The Morgan fingerprint density at radius 1 is 1.15 bits per heavy atom. The summed E-state index contributed by atoms with van der Waals surface area (Å²) in [6.07, 6.45) is 0.560. The minimum atomic E-state index is -3.38. The molecule has 0 aliphatic rings. The van der Waals surface area contributed by atoms with Crippen LogP contribution in [0.25, 0.3) is 0 Å². The molecule has 0 spiro atoms. The summed E-state index contributed by atoms with van der Waals surface area (Å²) in [7, 11) is -1.95. The second-order valence-corrected chi connectivity index (χ2v) is 7.87. The van der Waals surface area contributed by atoms with Crippen molar-refractivity contribution in [2.75, 3.05) is 22.9 Å². The maximum atomic E-state index is 13.2. The largest absolute Gasteiger partial charge is 0.481 e. The van der Waals surface area contributed by atoms with Crippen molar-refractivity contribution in [2.24, 2.45) is 0 Å². The molecule has 2 aromatic rings. The van der Waals surface area contributed by atoms with Crippen LogP contribution < -0.4 is 14.4 Å². The van der Waals surface area contributed by atoms with Gasteiger partial charge in [-0.15, -0.1) is 0 Å². The number of amides is 1. The molecule has 1 atom stereocenters. The van der Waals surface area contributed by atoms with Crippen molar-refractivity contribution in [1.82, 2.24) is 0 Å². The van der Waals surface area contributed by atoms with Crippen LogP contribution in [-0.2, 0) is 14.8 Å². The van der Waals surface area contributed by atoms with Gasteiger partial charge in [0.2, 0.25) is 10.0 Å². The SMILES string of the molecule is CC[C@H](Oc1ccc(N(C)S(C)(=O)=O)cc1)C(=O)Nc1ccc(F)c(F)c1. The lowest BCUT2D eigenvalue weighted by Gasteiger charge is -2.19. The number of carbonyl (C=O) groups is 1. The molecular formula is C18H20F2N2O4S. The average Bonchev–Trinajstić information content (AvgIpc) is 2.61. The van der Waals surface area contributed by atoms with Crippen molar-refractivity contribution in [3.05, 3.63) is 54.1 Å². The molecule has 0 saturated carbocycles. The summed E-state index contributed by atoms with van der Waals surface area (Å²) in [5.74, 6) is -2.21. The van der Waals surface area contributed by atoms with Crippen molar-refractivity contribution in [1.29, 1.82) is 0 Å². The summed E-state index contributed by atoms with van der Waals surface area (Å²) in [5.41, 5.74) is 0.565. The molecule has 0 aliphatic carbocycles. The van der Waals surface area contributed by atoms with Gasteiger partial charge in [-0.2, -0.15) is 0 Å². The minimum Gasteiger partial charge on any atom is -0.481 e. The van der Waals surface area contributed by atoms with Gasteiger partial charge in [-0.3, -0.25) is 9.10 Å². The van der Waals surface area contributed by atoms with Crippen LogP contribution in [0.3, 0.4) is 0 Å². The molecule has 9 heteroatoms. The minimum absolute atomic E-state index is 0.117. The molecule has 1 amide bonds. The number of rotatable bonds is 7. The van der Waals surface area contributed by atoms with E-state index in [1.165, 1.54) is 13.1 Å². The van der Waals surface area contributed by atoms with Crippen LogP contribution >= 0.6 is 0 Å². The molecule has 6 nitrogen and oxygen atoms in total. The second kappa shape index (κ2) is 8.34. The molecule has 2 aromatic carbocycles. The number of sulfonamides is 1. The Morgan fingerprint density at radius 3 is 2.30 bits per heavy atom. The molecule has 0 aliphatic heterocycles. The first-order valence-corrected chi connectivity index (χ1v) is 9.93. The zero-order chi connectivity index (χ0) is 20.2. The Morgan fingerprint density at radius 2 is 1.78 bits per heavy atom. The van der Waals surface area contributed by atoms with Crippen LogP contribution in [0, 0.1) is 11.6 Å². The Kier molecular flexibility index (Phi) is 6.37. The molecule has 0 unspecified atom stereocenters. The molecule has 0 aromatic heterocycles. The van der Waals surface area contributed by atoms with Crippen molar-refractivity contribution in [2.45, 2.75) is 19.4 Å². The van der Waals surface area contributed by atoms with Crippen LogP contribution in [0.2, 0.25) is 0 Å². The van der Waals surface area contributed by atoms with E-state index in [-0.39, 0.29) is 5.69 Å². The summed E-state index contributed by atoms with van der Waals surface area (Å²) in [5, 5.41) is 2.47. The molecule has 0 fully saturated rings. The van der Waals surface area contributed by atoms with E-state index in [0.717, 1.165) is 22.7 Å². The molecular weight excluding hydrogens is 378 g/mol. The second-order valence-electron chi connectivity index (χ2n) is 5.86. The zero-order valence-electron chi connectivity index (χ0n) is 15.1. The molecule has 2 rings (SSSR count). The lowest BCUT2D eigenvalue weighted by molar-refractivity contribution is -0.122. The van der Waals surface area contributed by atoms with E-state index >= 15 is 0 Å². The van der Waals surface area contributed by atoms with Gasteiger partial charge in [-0.05, 0) is 42.8 Å². The average molecular weight is 398 g/mol. The molecule has 1 N–H and O–H groups in total. The van der Waals surface area contributed by atoms with Gasteiger partial charge in [0.25, 0.3) is 5.91 Å². The van der Waals surface area contributed by atoms with E-state index in [9.17, 15) is 22.0 Å². The lowest BCUT2D eigenvalue weighted by Crippen LogP contribution is -2.32. The van der Waals surface area contributed by atoms with E-state index in [1.54, 1.807) is 31.2 Å². The molecule has 0 radical (unpaired) electrons. The summed E-state index contributed by atoms with van der Waals surface area (Å²) in [6, 6.07) is 9.25. The monoisotopic (exact) mass is 398 g/mol. The standard InChI is InChI=1S/C18H20F2N2O4S/c1-4-17(18(23)21-12-5-10-15(19)16(20)11-12)26-14-8-6-13(7-9-14)22(2)27(3,24)25/h5-11,17H,4H2,1-3H3,(H,21,23)/t17-/m0/s1. The van der Waals surface area contributed by atoms with Crippen LogP contribution in [0.4, 0.5) is 20.2 Å². The van der Waals surface area contributed by atoms with E-state index in [4.69, 9.17) is 4.74 Å². The third kappa shape index (κ3) is 5.40. The maximum absolute atomic E-state index is 13.2. The number of halogens is 2. The number of hydrogen-bond acceptors (Lipinski definition) is 4. The highest BCUT2D eigenvalue weighted by Crippen LogP contribution is 2.22. The lowest BCUT2D eigenvalue weighted by atomic mass is 10.2. The number of hydrogen-bond donors (Lipinski definition) is 1. The number of anilines is 2. The molecule has 0 saturated heterocycles. The van der Waals surface area contributed by atoms with E-state index < -0.39 is 33.7 Å². The predicted octanol–water partition coefficient (Wildman–Crippen LogP) is 3.16. The van der Waals surface area contributed by atoms with Gasteiger partial charge in [0.1, 0.15) is 5.75 Å². The summed E-state index contributed by atoms with van der Waals surface area (Å²) in [6.45, 7) is 1.74. The van der Waals surface area contributed by atoms with Gasteiger partial charge in [-0.25, -0.2) is 17.2 Å². The Balaban J connectivity index is 2.07. The van der Waals surface area contributed by atoms with Gasteiger partial charge >= 0.3 is 0 Å². The number of nitrogens with zero attached hydrogens (tertiary/aromatic N) is 1. The highest BCUT2D eigenvalue weighted by molar-refractivity contribution is 7.92. The van der Waals surface area contributed by atoms with E-state index in [0.29, 0.717) is 17.9 Å². The predicted molar refractivity (Wildman–Crippen MR) is 99.4 cm³/mol. The first-order valence-electron chi connectivity index (χ1n) is 8.08. The third-order valence-corrected chi connectivity index (χ3v) is 5.03.